The molecule has 9 heteroatoms. The third-order valence-corrected chi connectivity index (χ3v) is 3.86. The van der Waals surface area contributed by atoms with Crippen LogP contribution in [0.5, 0.6) is 0 Å². The van der Waals surface area contributed by atoms with Crippen molar-refractivity contribution < 1.29 is 23.8 Å². The molecule has 1 saturated heterocycles. The summed E-state index contributed by atoms with van der Waals surface area (Å²) in [6.07, 6.45) is -1.10. The van der Waals surface area contributed by atoms with Crippen LogP contribution in [0, 0.1) is 0 Å². The molecule has 9 nitrogen and oxygen atoms in total. The molecule has 2 rings (SSSR count). The van der Waals surface area contributed by atoms with Crippen molar-refractivity contribution in [2.75, 3.05) is 6.61 Å². The van der Waals surface area contributed by atoms with Crippen LogP contribution in [-0.2, 0) is 30.4 Å². The molecule has 1 aromatic carbocycles. The summed E-state index contributed by atoms with van der Waals surface area (Å²) in [5, 5.41) is 6.47. The van der Waals surface area contributed by atoms with Crippen molar-refractivity contribution in [3.63, 3.8) is 0 Å². The smallest absolute Gasteiger partial charge is 0.302 e. The Morgan fingerprint density at radius 1 is 1.35 bits per heavy atom. The molecular weight excluding hydrogens is 340 g/mol. The number of esters is 1. The van der Waals surface area contributed by atoms with Crippen molar-refractivity contribution in [3.8, 4) is 0 Å². The first-order chi connectivity index (χ1) is 12.5. The highest BCUT2D eigenvalue weighted by atomic mass is 16.7. The monoisotopic (exact) mass is 362 g/mol. The zero-order valence-corrected chi connectivity index (χ0v) is 14.7. The normalized spacial score (nSPS) is 25.0. The number of hydrogen-bond acceptors (Lipinski definition) is 6. The molecule has 0 radical (unpaired) electrons. The van der Waals surface area contributed by atoms with Crippen molar-refractivity contribution in [2.45, 2.75) is 51.4 Å². The van der Waals surface area contributed by atoms with Crippen molar-refractivity contribution in [1.82, 2.24) is 5.32 Å². The van der Waals surface area contributed by atoms with Gasteiger partial charge in [0.25, 0.3) is 0 Å². The Kier molecular flexibility index (Phi) is 7.40. The SMILES string of the molecule is CC(=O)N[C@@H]1C[C@H](N=[N+]=[N-])[C@@H](COC(C)=O)O[C@@H]1OCc1ccccc1. The van der Waals surface area contributed by atoms with Crippen molar-refractivity contribution in [3.05, 3.63) is 46.3 Å². The van der Waals surface area contributed by atoms with Crippen molar-refractivity contribution in [1.29, 1.82) is 0 Å². The van der Waals surface area contributed by atoms with E-state index in [2.05, 4.69) is 15.3 Å². The van der Waals surface area contributed by atoms with E-state index >= 15 is 0 Å². The Morgan fingerprint density at radius 3 is 2.69 bits per heavy atom. The highest BCUT2D eigenvalue weighted by Gasteiger charge is 2.39. The van der Waals surface area contributed by atoms with E-state index in [9.17, 15) is 9.59 Å². The third kappa shape index (κ3) is 6.03. The minimum absolute atomic E-state index is 0.0585. The van der Waals surface area contributed by atoms with Gasteiger partial charge in [-0.15, -0.1) is 0 Å². The van der Waals surface area contributed by atoms with Crippen LogP contribution in [0.15, 0.2) is 35.4 Å². The molecule has 1 aliphatic rings. The molecule has 0 aromatic heterocycles. The van der Waals surface area contributed by atoms with E-state index in [1.165, 1.54) is 13.8 Å². The second-order valence-electron chi connectivity index (χ2n) is 5.96. The standard InChI is InChI=1S/C17H22N4O5/c1-11(22)19-15-8-14(20-21-18)16(10-24-12(2)23)26-17(15)25-9-13-6-4-3-5-7-13/h3-7,14-17H,8-10H2,1-2H3,(H,19,22)/t14-,15+,16+,17-/m0/s1. The summed E-state index contributed by atoms with van der Waals surface area (Å²) in [4.78, 5) is 25.4. The molecule has 1 aliphatic heterocycles. The highest BCUT2D eigenvalue weighted by molar-refractivity contribution is 5.73. The van der Waals surface area contributed by atoms with Crippen LogP contribution < -0.4 is 5.32 Å². The molecule has 0 bridgehead atoms. The zero-order chi connectivity index (χ0) is 18.9. The maximum absolute atomic E-state index is 11.5. The van der Waals surface area contributed by atoms with Gasteiger partial charge in [-0.1, -0.05) is 35.4 Å². The molecule has 0 unspecified atom stereocenters. The van der Waals surface area contributed by atoms with Gasteiger partial charge in [-0.2, -0.15) is 0 Å². The van der Waals surface area contributed by atoms with Crippen molar-refractivity contribution in [2.24, 2.45) is 5.11 Å². The van der Waals surface area contributed by atoms with Crippen LogP contribution in [0.1, 0.15) is 25.8 Å². The number of carbonyl (C=O) groups is 2. The van der Waals surface area contributed by atoms with Gasteiger partial charge in [-0.25, -0.2) is 0 Å². The van der Waals surface area contributed by atoms with Crippen LogP contribution in [-0.4, -0.2) is 43.0 Å². The van der Waals surface area contributed by atoms with Crippen LogP contribution in [0.25, 0.3) is 10.4 Å². The number of carbonyl (C=O) groups excluding carboxylic acids is 2. The highest BCUT2D eigenvalue weighted by Crippen LogP contribution is 2.25. The summed E-state index contributed by atoms with van der Waals surface area (Å²) in [5.41, 5.74) is 9.73. The van der Waals surface area contributed by atoms with Crippen LogP contribution in [0.2, 0.25) is 0 Å². The maximum Gasteiger partial charge on any atom is 0.302 e. The molecule has 0 aliphatic carbocycles. The van der Waals surface area contributed by atoms with Crippen LogP contribution >= 0.6 is 0 Å². The van der Waals surface area contributed by atoms with Gasteiger partial charge >= 0.3 is 5.97 Å². The number of nitrogens with one attached hydrogen (secondary N) is 1. The number of rotatable bonds is 7. The third-order valence-electron chi connectivity index (χ3n) is 3.86. The Balaban J connectivity index is 2.10. The molecule has 1 amide bonds. The molecule has 1 aromatic rings. The van der Waals surface area contributed by atoms with Gasteiger partial charge in [-0.05, 0) is 17.5 Å². The minimum atomic E-state index is -0.759. The average Bonchev–Trinajstić information content (AvgIpc) is 2.60. The Hall–Kier alpha value is -2.61. The summed E-state index contributed by atoms with van der Waals surface area (Å²) in [6, 6.07) is 8.44. The second-order valence-corrected chi connectivity index (χ2v) is 5.96. The van der Waals surface area contributed by atoms with Gasteiger partial charge in [-0.3, -0.25) is 9.59 Å². The molecule has 4 atom stereocenters. The van der Waals surface area contributed by atoms with E-state index in [-0.39, 0.29) is 19.1 Å². The molecule has 1 heterocycles. The first-order valence-corrected chi connectivity index (χ1v) is 8.25. The fraction of sp³-hybridized carbons (Fsp3) is 0.529. The first-order valence-electron chi connectivity index (χ1n) is 8.25. The fourth-order valence-electron chi connectivity index (χ4n) is 2.71. The minimum Gasteiger partial charge on any atom is -0.463 e. The number of benzene rings is 1. The summed E-state index contributed by atoms with van der Waals surface area (Å²) in [6.45, 7) is 2.90. The molecule has 26 heavy (non-hydrogen) atoms. The van der Waals surface area contributed by atoms with Gasteiger partial charge in [0.2, 0.25) is 5.91 Å². The van der Waals surface area contributed by atoms with E-state index in [1.54, 1.807) is 0 Å². The van der Waals surface area contributed by atoms with Gasteiger partial charge in [0.15, 0.2) is 6.29 Å². The Bertz CT molecular complexity index is 662. The summed E-state index contributed by atoms with van der Waals surface area (Å²) >= 11 is 0. The summed E-state index contributed by atoms with van der Waals surface area (Å²) in [7, 11) is 0. The van der Waals surface area contributed by atoms with E-state index in [0.717, 1.165) is 5.56 Å². The lowest BCUT2D eigenvalue weighted by molar-refractivity contribution is -0.226. The number of hydrogen-bond donors (Lipinski definition) is 1. The maximum atomic E-state index is 11.5. The molecule has 1 fully saturated rings. The number of nitrogens with zero attached hydrogens (tertiary/aromatic N) is 3. The molecule has 1 N–H and O–H groups in total. The molecule has 0 saturated carbocycles. The summed E-state index contributed by atoms with van der Waals surface area (Å²) < 4.78 is 16.7. The number of azide groups is 1. The zero-order valence-electron chi connectivity index (χ0n) is 14.7. The number of amides is 1. The predicted molar refractivity (Wildman–Crippen MR) is 91.7 cm³/mol. The van der Waals surface area contributed by atoms with E-state index in [0.29, 0.717) is 6.42 Å². The average molecular weight is 362 g/mol. The lowest BCUT2D eigenvalue weighted by Gasteiger charge is -2.39. The topological polar surface area (TPSA) is 123 Å². The fourth-order valence-corrected chi connectivity index (χ4v) is 2.71. The van der Waals surface area contributed by atoms with Crippen LogP contribution in [0.3, 0.4) is 0 Å². The molecular formula is C17H22N4O5. The van der Waals surface area contributed by atoms with E-state index in [4.69, 9.17) is 19.7 Å². The van der Waals surface area contributed by atoms with Crippen LogP contribution in [0.4, 0.5) is 0 Å². The van der Waals surface area contributed by atoms with E-state index in [1.807, 2.05) is 30.3 Å². The van der Waals surface area contributed by atoms with Gasteiger partial charge < -0.3 is 19.5 Å². The summed E-state index contributed by atoms with van der Waals surface area (Å²) in [5.74, 6) is -0.705. The number of ether oxygens (including phenoxy) is 3. The Labute approximate surface area is 151 Å². The second kappa shape index (κ2) is 9.76. The van der Waals surface area contributed by atoms with E-state index < -0.39 is 30.4 Å². The van der Waals surface area contributed by atoms with Gasteiger partial charge in [0.05, 0.1) is 18.7 Å². The lowest BCUT2D eigenvalue weighted by atomic mass is 9.98. The van der Waals surface area contributed by atoms with Crippen molar-refractivity contribution >= 4 is 11.9 Å². The lowest BCUT2D eigenvalue weighted by Crippen LogP contribution is -2.55. The Morgan fingerprint density at radius 2 is 2.08 bits per heavy atom. The van der Waals surface area contributed by atoms with Gasteiger partial charge in [0.1, 0.15) is 12.7 Å². The molecule has 0 spiro atoms. The quantitative estimate of drug-likeness (QED) is 0.344. The van der Waals surface area contributed by atoms with Gasteiger partial charge in [0, 0.05) is 18.8 Å². The predicted octanol–water partition coefficient (Wildman–Crippen LogP) is 2.06. The largest absolute Gasteiger partial charge is 0.463 e. The first kappa shape index (κ1) is 19.7. The molecule has 140 valence electrons.